The molecule has 1 atom stereocenters. The fraction of sp³-hybridized carbons (Fsp3) is 0.875. The highest BCUT2D eigenvalue weighted by atomic mass is 35.5. The van der Waals surface area contributed by atoms with Crippen molar-refractivity contribution in [3.05, 3.63) is 16.5 Å². The zero-order valence-electron chi connectivity index (χ0n) is 31.7. The van der Waals surface area contributed by atoms with E-state index in [1.54, 1.807) is 0 Å². The Morgan fingerprint density at radius 2 is 1.43 bits per heavy atom. The molecule has 1 spiro atoms. The lowest BCUT2D eigenvalue weighted by Gasteiger charge is -2.62. The van der Waals surface area contributed by atoms with Gasteiger partial charge < -0.3 is 15.4 Å². The first-order chi connectivity index (χ1) is 23.3. The molecule has 276 valence electrons. The van der Waals surface area contributed by atoms with Crippen molar-refractivity contribution >= 4 is 23.2 Å². The Morgan fingerprint density at radius 3 is 2.00 bits per heavy atom. The fourth-order valence-electron chi connectivity index (χ4n) is 10.5. The van der Waals surface area contributed by atoms with Crippen LogP contribution in [0.2, 0.25) is 5.02 Å². The first kappa shape index (κ1) is 37.1. The standard InChI is InChI=1S/C40H67ClN6O2/c1-7-8-9-10-11-12-13-14-15-19-24-40(49-30-27-36(2,3)46-37(4,5)28-30)35(48)43-39(40)25-20-29(21-26-39)33-42-34-31(41)32(44-47(34)45-33)38(6)22-17-16-18-23-38/h29-30,44,46H,7-28H2,1-6H3,(H,43,48). The van der Waals surface area contributed by atoms with Gasteiger partial charge in [-0.1, -0.05) is 102 Å². The minimum atomic E-state index is -0.756. The normalized spacial score (nSPS) is 26.6. The molecule has 2 saturated carbocycles. The molecule has 2 saturated heterocycles. The number of β-lactam (4-membered cyclic amide) rings is 1. The Kier molecular flexibility index (Phi) is 11.2. The second kappa shape index (κ2) is 14.8. The van der Waals surface area contributed by atoms with Crippen molar-refractivity contribution in [2.75, 3.05) is 0 Å². The Hall–Kier alpha value is -1.64. The monoisotopic (exact) mass is 699 g/mol. The highest BCUT2D eigenvalue weighted by molar-refractivity contribution is 6.34. The number of ether oxygens (including phenoxy) is 1. The smallest absolute Gasteiger partial charge is 0.255 e. The van der Waals surface area contributed by atoms with Crippen LogP contribution in [-0.2, 0) is 14.9 Å². The first-order valence-corrected chi connectivity index (χ1v) is 20.6. The van der Waals surface area contributed by atoms with Crippen molar-refractivity contribution < 1.29 is 9.53 Å². The van der Waals surface area contributed by atoms with Gasteiger partial charge in [-0.3, -0.25) is 9.89 Å². The SMILES string of the molecule is CCCCCCCCCCCCC1(OC2CC(C)(C)NC(C)(C)C2)C(=O)NC12CCC(c1nc3c(Cl)c(C4(C)CCCCC4)[nH]n3n1)CC2. The molecule has 3 N–H and O–H groups in total. The molecule has 4 fully saturated rings. The van der Waals surface area contributed by atoms with E-state index in [0.29, 0.717) is 0 Å². The molecule has 6 rings (SSSR count). The molecule has 8 nitrogen and oxygen atoms in total. The summed E-state index contributed by atoms with van der Waals surface area (Å²) in [7, 11) is 0. The number of nitrogens with one attached hydrogen (secondary N) is 3. The number of halogens is 1. The van der Waals surface area contributed by atoms with E-state index in [9.17, 15) is 4.79 Å². The van der Waals surface area contributed by atoms with Gasteiger partial charge in [0.05, 0.1) is 17.3 Å². The molecule has 9 heteroatoms. The number of hydrogen-bond acceptors (Lipinski definition) is 5. The van der Waals surface area contributed by atoms with Gasteiger partial charge in [-0.25, -0.2) is 4.98 Å². The van der Waals surface area contributed by atoms with E-state index >= 15 is 0 Å². The van der Waals surface area contributed by atoms with Crippen molar-refractivity contribution in [1.82, 2.24) is 30.4 Å². The molecule has 2 aliphatic heterocycles. The summed E-state index contributed by atoms with van der Waals surface area (Å²) < 4.78 is 9.06. The van der Waals surface area contributed by atoms with Crippen LogP contribution in [0.25, 0.3) is 5.65 Å². The van der Waals surface area contributed by atoms with E-state index < -0.39 is 5.60 Å². The summed E-state index contributed by atoms with van der Waals surface area (Å²) >= 11 is 6.99. The van der Waals surface area contributed by atoms with Gasteiger partial charge in [0, 0.05) is 22.4 Å². The van der Waals surface area contributed by atoms with Crippen molar-refractivity contribution in [3.8, 4) is 0 Å². The number of H-pyrrole nitrogens is 1. The van der Waals surface area contributed by atoms with Crippen LogP contribution in [0.1, 0.15) is 200 Å². The van der Waals surface area contributed by atoms with Crippen LogP contribution in [-0.4, -0.2) is 54.0 Å². The molecule has 2 aromatic heterocycles. The van der Waals surface area contributed by atoms with E-state index in [-0.39, 0.29) is 40.0 Å². The lowest BCUT2D eigenvalue weighted by molar-refractivity contribution is -0.221. The number of carbonyl (C=O) groups excluding carboxylic acids is 1. The minimum absolute atomic E-state index is 0.0407. The Bertz CT molecular complexity index is 1400. The predicted octanol–water partition coefficient (Wildman–Crippen LogP) is 9.83. The Balaban J connectivity index is 1.13. The minimum Gasteiger partial charge on any atom is -0.359 e. The van der Waals surface area contributed by atoms with Crippen LogP contribution in [0, 0.1) is 0 Å². The predicted molar refractivity (Wildman–Crippen MR) is 199 cm³/mol. The molecule has 0 bridgehead atoms. The third-order valence-electron chi connectivity index (χ3n) is 12.9. The number of fused-ring (bicyclic) bond motifs is 1. The third kappa shape index (κ3) is 7.77. The van der Waals surface area contributed by atoms with Crippen LogP contribution in [0.5, 0.6) is 0 Å². The molecular formula is C40H67ClN6O2. The molecule has 0 radical (unpaired) electrons. The molecule has 4 aliphatic rings. The highest BCUT2D eigenvalue weighted by Gasteiger charge is 2.68. The number of hydrogen-bond donors (Lipinski definition) is 3. The van der Waals surface area contributed by atoms with Gasteiger partial charge in [-0.05, 0) is 91.9 Å². The van der Waals surface area contributed by atoms with E-state index in [0.717, 1.165) is 86.4 Å². The molecule has 2 aliphatic carbocycles. The molecule has 49 heavy (non-hydrogen) atoms. The average Bonchev–Trinajstić information content (AvgIpc) is 3.60. The summed E-state index contributed by atoms with van der Waals surface area (Å²) in [6.45, 7) is 13.7. The maximum absolute atomic E-state index is 13.9. The number of piperidine rings is 1. The fourth-order valence-corrected chi connectivity index (χ4v) is 10.9. The molecular weight excluding hydrogens is 632 g/mol. The topological polar surface area (TPSA) is 96.3 Å². The van der Waals surface area contributed by atoms with Crippen LogP contribution >= 0.6 is 11.6 Å². The van der Waals surface area contributed by atoms with E-state index in [4.69, 9.17) is 26.4 Å². The Labute approximate surface area is 301 Å². The van der Waals surface area contributed by atoms with Gasteiger partial charge in [0.2, 0.25) is 0 Å². The van der Waals surface area contributed by atoms with Crippen molar-refractivity contribution in [3.63, 3.8) is 0 Å². The number of aromatic amines is 1. The van der Waals surface area contributed by atoms with Gasteiger partial charge >= 0.3 is 0 Å². The lowest BCUT2D eigenvalue weighted by Crippen LogP contribution is -2.83. The molecule has 1 unspecified atom stereocenters. The van der Waals surface area contributed by atoms with Gasteiger partial charge in [-0.2, -0.15) is 4.63 Å². The summed E-state index contributed by atoms with van der Waals surface area (Å²) in [6.07, 6.45) is 25.3. The van der Waals surface area contributed by atoms with Crippen LogP contribution in [0.15, 0.2) is 0 Å². The quantitative estimate of drug-likeness (QED) is 0.127. The van der Waals surface area contributed by atoms with Crippen molar-refractivity contribution in [1.29, 1.82) is 0 Å². The van der Waals surface area contributed by atoms with Gasteiger partial charge in [0.15, 0.2) is 17.1 Å². The van der Waals surface area contributed by atoms with Crippen molar-refractivity contribution in [2.45, 2.75) is 222 Å². The summed E-state index contributed by atoms with van der Waals surface area (Å²) in [5.41, 5.74) is 0.752. The van der Waals surface area contributed by atoms with Gasteiger partial charge in [0.1, 0.15) is 5.02 Å². The van der Waals surface area contributed by atoms with Crippen LogP contribution < -0.4 is 10.6 Å². The van der Waals surface area contributed by atoms with Crippen LogP contribution in [0.4, 0.5) is 0 Å². The number of unbranched alkanes of at least 4 members (excludes halogenated alkanes) is 9. The largest absolute Gasteiger partial charge is 0.359 e. The number of carbonyl (C=O) groups is 1. The maximum atomic E-state index is 13.9. The molecule has 4 heterocycles. The van der Waals surface area contributed by atoms with E-state index in [2.05, 4.69) is 57.3 Å². The Morgan fingerprint density at radius 1 is 0.837 bits per heavy atom. The molecule has 1 amide bonds. The number of nitrogens with zero attached hydrogens (tertiary/aromatic N) is 3. The summed E-state index contributed by atoms with van der Waals surface area (Å²) in [5.74, 6) is 1.23. The summed E-state index contributed by atoms with van der Waals surface area (Å²) in [5, 5.41) is 16.5. The summed E-state index contributed by atoms with van der Waals surface area (Å²) in [4.78, 5) is 18.9. The van der Waals surface area contributed by atoms with Crippen LogP contribution in [0.3, 0.4) is 0 Å². The zero-order valence-corrected chi connectivity index (χ0v) is 32.5. The van der Waals surface area contributed by atoms with E-state index in [1.807, 2.05) is 4.63 Å². The number of rotatable bonds is 15. The highest BCUT2D eigenvalue weighted by Crippen LogP contribution is 2.53. The first-order valence-electron chi connectivity index (χ1n) is 20.3. The number of amides is 1. The van der Waals surface area contributed by atoms with Gasteiger partial charge in [0.25, 0.3) is 5.91 Å². The lowest BCUT2D eigenvalue weighted by atomic mass is 9.59. The maximum Gasteiger partial charge on any atom is 0.255 e. The second-order valence-electron chi connectivity index (χ2n) is 18.2. The summed E-state index contributed by atoms with van der Waals surface area (Å²) in [6, 6.07) is 0. The van der Waals surface area contributed by atoms with E-state index in [1.165, 1.54) is 77.0 Å². The third-order valence-corrected chi connectivity index (χ3v) is 13.3. The molecule has 2 aromatic rings. The number of aromatic nitrogens is 4. The second-order valence-corrected chi connectivity index (χ2v) is 18.6. The zero-order chi connectivity index (χ0) is 34.9. The average molecular weight is 699 g/mol. The van der Waals surface area contributed by atoms with Gasteiger partial charge in [-0.15, -0.1) is 5.10 Å². The van der Waals surface area contributed by atoms with Crippen molar-refractivity contribution in [2.24, 2.45) is 0 Å². The molecule has 0 aromatic carbocycles.